The molecule has 0 atom stereocenters. The molecule has 0 fully saturated rings. The minimum absolute atomic E-state index is 0.0900. The molecule has 0 spiro atoms. The van der Waals surface area contributed by atoms with Crippen LogP contribution in [0.15, 0.2) is 30.6 Å². The lowest BCUT2D eigenvalue weighted by atomic mass is 10.2. The highest BCUT2D eigenvalue weighted by Gasteiger charge is 2.18. The Kier molecular flexibility index (Phi) is 3.39. The van der Waals surface area contributed by atoms with Crippen LogP contribution in [0.25, 0.3) is 10.9 Å². The van der Waals surface area contributed by atoms with Crippen LogP contribution < -0.4 is 0 Å². The average molecular weight is 308 g/mol. The number of hydrogen-bond acceptors (Lipinski definition) is 3. The summed E-state index contributed by atoms with van der Waals surface area (Å²) in [5.74, 6) is -1.01. The van der Waals surface area contributed by atoms with Gasteiger partial charge in [0.05, 0.1) is 11.2 Å². The van der Waals surface area contributed by atoms with Gasteiger partial charge in [-0.05, 0) is 18.2 Å². The van der Waals surface area contributed by atoms with Crippen molar-refractivity contribution in [3.63, 3.8) is 0 Å². The van der Waals surface area contributed by atoms with Gasteiger partial charge in [0.25, 0.3) is 0 Å². The van der Waals surface area contributed by atoms with Crippen LogP contribution in [0.3, 0.4) is 0 Å². The van der Waals surface area contributed by atoms with Crippen molar-refractivity contribution < 1.29 is 13.9 Å². The molecular weight excluding hydrogens is 297 g/mol. The second-order valence-electron chi connectivity index (χ2n) is 4.60. The first-order valence-corrected chi connectivity index (χ1v) is 6.54. The van der Waals surface area contributed by atoms with Crippen LogP contribution in [0.4, 0.5) is 4.39 Å². The molecule has 3 aromatic rings. The molecule has 0 unspecified atom stereocenters. The van der Waals surface area contributed by atoms with Gasteiger partial charge in [-0.15, -0.1) is 0 Å². The van der Waals surface area contributed by atoms with E-state index in [1.54, 1.807) is 24.1 Å². The lowest BCUT2D eigenvalue weighted by Crippen LogP contribution is -2.05. The van der Waals surface area contributed by atoms with Gasteiger partial charge in [0.15, 0.2) is 0 Å². The summed E-state index contributed by atoms with van der Waals surface area (Å²) < 4.78 is 20.0. The van der Waals surface area contributed by atoms with E-state index in [0.717, 1.165) is 5.56 Å². The van der Waals surface area contributed by atoms with Crippen molar-refractivity contribution in [2.75, 3.05) is 0 Å². The monoisotopic (exact) mass is 307 g/mol. The van der Waals surface area contributed by atoms with E-state index in [1.807, 2.05) is 0 Å². The third-order valence-electron chi connectivity index (χ3n) is 3.03. The summed E-state index contributed by atoms with van der Waals surface area (Å²) >= 11 is 6.09. The van der Waals surface area contributed by atoms with Gasteiger partial charge in [-0.3, -0.25) is 4.68 Å². The Morgan fingerprint density at radius 3 is 3.05 bits per heavy atom. The molecular formula is C14H11ClFN3O2. The number of aryl methyl sites for hydroxylation is 1. The minimum Gasteiger partial charge on any atom is -0.456 e. The molecule has 0 aliphatic carbocycles. The highest BCUT2D eigenvalue weighted by atomic mass is 35.5. The predicted octanol–water partition coefficient (Wildman–Crippen LogP) is 3.05. The molecule has 2 heterocycles. The van der Waals surface area contributed by atoms with E-state index in [2.05, 4.69) is 10.1 Å². The number of rotatable bonds is 3. The van der Waals surface area contributed by atoms with Crippen LogP contribution in [0.5, 0.6) is 0 Å². The molecule has 0 radical (unpaired) electrons. The maximum atomic E-state index is 13.2. The summed E-state index contributed by atoms with van der Waals surface area (Å²) in [6, 6.07) is 4.08. The summed E-state index contributed by atoms with van der Waals surface area (Å²) in [5.41, 5.74) is 1.46. The Hall–Kier alpha value is -2.34. The first-order valence-electron chi connectivity index (χ1n) is 6.16. The van der Waals surface area contributed by atoms with E-state index < -0.39 is 11.8 Å². The topological polar surface area (TPSA) is 59.9 Å². The van der Waals surface area contributed by atoms with Gasteiger partial charge in [-0.2, -0.15) is 5.10 Å². The molecule has 0 amide bonds. The van der Waals surface area contributed by atoms with E-state index >= 15 is 0 Å². The number of benzene rings is 1. The fraction of sp³-hybridized carbons (Fsp3) is 0.143. The van der Waals surface area contributed by atoms with Crippen LogP contribution in [-0.4, -0.2) is 20.7 Å². The Morgan fingerprint density at radius 2 is 2.33 bits per heavy atom. The van der Waals surface area contributed by atoms with Crippen LogP contribution in [0.1, 0.15) is 16.1 Å². The van der Waals surface area contributed by atoms with Crippen molar-refractivity contribution in [1.29, 1.82) is 0 Å². The summed E-state index contributed by atoms with van der Waals surface area (Å²) in [6.45, 7) is 0.0900. The highest BCUT2D eigenvalue weighted by molar-refractivity contribution is 6.38. The lowest BCUT2D eigenvalue weighted by molar-refractivity contribution is 0.0467. The third-order valence-corrected chi connectivity index (χ3v) is 3.42. The fourth-order valence-corrected chi connectivity index (χ4v) is 2.32. The van der Waals surface area contributed by atoms with Crippen molar-refractivity contribution in [3.8, 4) is 0 Å². The Labute approximate surface area is 124 Å². The smallest absolute Gasteiger partial charge is 0.356 e. The lowest BCUT2D eigenvalue weighted by Gasteiger charge is -2.01. The van der Waals surface area contributed by atoms with Crippen molar-refractivity contribution in [2.24, 2.45) is 7.05 Å². The van der Waals surface area contributed by atoms with Crippen LogP contribution >= 0.6 is 11.6 Å². The molecule has 0 saturated heterocycles. The second kappa shape index (κ2) is 5.21. The van der Waals surface area contributed by atoms with Gasteiger partial charge in [0.1, 0.15) is 18.1 Å². The molecule has 0 aliphatic rings. The van der Waals surface area contributed by atoms with Gasteiger partial charge in [-0.25, -0.2) is 9.18 Å². The first kappa shape index (κ1) is 13.6. The molecule has 0 aliphatic heterocycles. The Bertz CT molecular complexity index is 825. The van der Waals surface area contributed by atoms with Crippen molar-refractivity contribution in [2.45, 2.75) is 6.61 Å². The van der Waals surface area contributed by atoms with E-state index in [-0.39, 0.29) is 17.3 Å². The zero-order valence-corrected chi connectivity index (χ0v) is 11.8. The molecule has 2 aromatic heterocycles. The van der Waals surface area contributed by atoms with E-state index in [0.29, 0.717) is 10.9 Å². The summed E-state index contributed by atoms with van der Waals surface area (Å²) in [6.07, 6.45) is 3.35. The Morgan fingerprint density at radius 1 is 1.52 bits per heavy atom. The predicted molar refractivity (Wildman–Crippen MR) is 75.6 cm³/mol. The molecule has 0 bridgehead atoms. The summed E-state index contributed by atoms with van der Waals surface area (Å²) in [7, 11) is 1.77. The molecule has 7 heteroatoms. The van der Waals surface area contributed by atoms with Gasteiger partial charge >= 0.3 is 5.97 Å². The number of H-pyrrole nitrogens is 1. The number of esters is 1. The van der Waals surface area contributed by atoms with Gasteiger partial charge in [-0.1, -0.05) is 11.6 Å². The van der Waals surface area contributed by atoms with Gasteiger partial charge < -0.3 is 9.72 Å². The zero-order chi connectivity index (χ0) is 15.0. The van der Waals surface area contributed by atoms with Crippen molar-refractivity contribution in [3.05, 3.63) is 52.7 Å². The highest BCUT2D eigenvalue weighted by Crippen LogP contribution is 2.28. The maximum absolute atomic E-state index is 13.2. The number of fused-ring (bicyclic) bond motifs is 1. The number of ether oxygens (including phenoxy) is 1. The summed E-state index contributed by atoms with van der Waals surface area (Å²) in [5, 5.41) is 4.58. The molecule has 1 N–H and O–H groups in total. The third kappa shape index (κ3) is 2.62. The van der Waals surface area contributed by atoms with Gasteiger partial charge in [0.2, 0.25) is 0 Å². The minimum atomic E-state index is -0.597. The molecule has 5 nitrogen and oxygen atoms in total. The van der Waals surface area contributed by atoms with Gasteiger partial charge in [0, 0.05) is 29.7 Å². The molecule has 3 rings (SSSR count). The van der Waals surface area contributed by atoms with E-state index in [4.69, 9.17) is 16.3 Å². The maximum Gasteiger partial charge on any atom is 0.356 e. The van der Waals surface area contributed by atoms with Crippen molar-refractivity contribution >= 4 is 28.5 Å². The first-order chi connectivity index (χ1) is 10.0. The average Bonchev–Trinajstić information content (AvgIpc) is 3.01. The number of nitrogens with zero attached hydrogens (tertiary/aromatic N) is 2. The fourth-order valence-electron chi connectivity index (χ4n) is 2.04. The molecule has 0 saturated carbocycles. The molecule has 21 heavy (non-hydrogen) atoms. The number of nitrogens with one attached hydrogen (secondary N) is 1. The zero-order valence-electron chi connectivity index (χ0n) is 11.1. The SMILES string of the molecule is Cn1cc(COC(=O)c2[nH]c3ccc(F)cc3c2Cl)cn1. The second-order valence-corrected chi connectivity index (χ2v) is 4.98. The number of aromatic nitrogens is 3. The normalized spacial score (nSPS) is 11.0. The molecule has 1 aromatic carbocycles. The Balaban J connectivity index is 1.82. The van der Waals surface area contributed by atoms with Crippen LogP contribution in [-0.2, 0) is 18.4 Å². The number of halogens is 2. The standard InChI is InChI=1S/C14H11ClFN3O2/c1-19-6-8(5-17-19)7-21-14(20)13-12(15)10-4-9(16)2-3-11(10)18-13/h2-6,18H,7H2,1H3. The number of carbonyl (C=O) groups excluding carboxylic acids is 1. The largest absolute Gasteiger partial charge is 0.456 e. The number of hydrogen-bond donors (Lipinski definition) is 1. The van der Waals surface area contributed by atoms with Crippen molar-refractivity contribution in [1.82, 2.24) is 14.8 Å². The number of aromatic amines is 1. The number of carbonyl (C=O) groups is 1. The van der Waals surface area contributed by atoms with Crippen LogP contribution in [0.2, 0.25) is 5.02 Å². The van der Waals surface area contributed by atoms with E-state index in [1.165, 1.54) is 18.2 Å². The quantitative estimate of drug-likeness (QED) is 0.757. The van der Waals surface area contributed by atoms with Crippen LogP contribution in [0, 0.1) is 5.82 Å². The molecule has 108 valence electrons. The van der Waals surface area contributed by atoms with E-state index in [9.17, 15) is 9.18 Å². The summed E-state index contributed by atoms with van der Waals surface area (Å²) in [4.78, 5) is 14.9.